The van der Waals surface area contributed by atoms with E-state index >= 15 is 0 Å². The summed E-state index contributed by atoms with van der Waals surface area (Å²) in [6.45, 7) is 12.3. The van der Waals surface area contributed by atoms with Gasteiger partial charge in [-0.1, -0.05) is 11.6 Å². The van der Waals surface area contributed by atoms with Gasteiger partial charge in [-0.25, -0.2) is 4.79 Å². The van der Waals surface area contributed by atoms with E-state index in [1.807, 2.05) is 34.6 Å². The molecule has 1 rings (SSSR count). The van der Waals surface area contributed by atoms with E-state index in [1.54, 1.807) is 7.05 Å². The van der Waals surface area contributed by atoms with Crippen LogP contribution < -0.4 is 16.0 Å². The van der Waals surface area contributed by atoms with E-state index in [1.165, 1.54) is 5.57 Å². The molecule has 0 aromatic heterocycles. The van der Waals surface area contributed by atoms with E-state index < -0.39 is 17.2 Å². The molecule has 3 N–H and O–H groups in total. The molecule has 0 fully saturated rings. The van der Waals surface area contributed by atoms with Gasteiger partial charge in [0.15, 0.2) is 5.96 Å². The molecule has 1 aliphatic rings. The van der Waals surface area contributed by atoms with E-state index in [-0.39, 0.29) is 24.0 Å². The molecule has 0 spiro atoms. The zero-order valence-electron chi connectivity index (χ0n) is 16.9. The highest BCUT2D eigenvalue weighted by atomic mass is 127. The summed E-state index contributed by atoms with van der Waals surface area (Å²) in [5.74, 6) is 0.715. The fourth-order valence-corrected chi connectivity index (χ4v) is 2.28. The number of amides is 1. The summed E-state index contributed by atoms with van der Waals surface area (Å²) in [5.41, 5.74) is 0.439. The van der Waals surface area contributed by atoms with Crippen LogP contribution in [0.25, 0.3) is 0 Å². The average Bonchev–Trinajstić information content (AvgIpc) is 2.49. The van der Waals surface area contributed by atoms with Gasteiger partial charge in [0, 0.05) is 20.1 Å². The van der Waals surface area contributed by atoms with Crippen LogP contribution in [0.1, 0.15) is 47.5 Å². The van der Waals surface area contributed by atoms with E-state index in [0.29, 0.717) is 19.1 Å². The Kier molecular flexibility index (Phi) is 11.2. The summed E-state index contributed by atoms with van der Waals surface area (Å²) in [6.07, 6.45) is 3.70. The van der Waals surface area contributed by atoms with Gasteiger partial charge in [-0.3, -0.25) is 4.99 Å². The zero-order valence-corrected chi connectivity index (χ0v) is 19.2. The quantitative estimate of drug-likeness (QED) is 0.235. The topological polar surface area (TPSA) is 84.0 Å². The van der Waals surface area contributed by atoms with Crippen LogP contribution >= 0.6 is 24.0 Å². The molecule has 0 aliphatic carbocycles. The van der Waals surface area contributed by atoms with Crippen molar-refractivity contribution < 1.29 is 14.3 Å². The maximum absolute atomic E-state index is 11.9. The number of nitrogens with zero attached hydrogens (tertiary/aromatic N) is 1. The van der Waals surface area contributed by atoms with Gasteiger partial charge in [0.25, 0.3) is 0 Å². The lowest BCUT2D eigenvalue weighted by Gasteiger charge is -2.29. The fraction of sp³-hybridized carbons (Fsp3) is 0.778. The van der Waals surface area contributed by atoms with Crippen LogP contribution in [0.15, 0.2) is 16.6 Å². The van der Waals surface area contributed by atoms with Crippen molar-refractivity contribution >= 4 is 36.0 Å². The van der Waals surface area contributed by atoms with Crippen molar-refractivity contribution in [2.75, 3.05) is 33.4 Å². The van der Waals surface area contributed by atoms with Crippen LogP contribution in [0, 0.1) is 0 Å². The number of alkyl carbamates (subject to hydrolysis) is 1. The van der Waals surface area contributed by atoms with Crippen molar-refractivity contribution in [3.8, 4) is 0 Å². The number of carbonyl (C=O) groups excluding carboxylic acids is 1. The molecular formula is C18H35IN4O3. The molecule has 1 amide bonds. The van der Waals surface area contributed by atoms with Crippen LogP contribution in [0.5, 0.6) is 0 Å². The first-order chi connectivity index (χ1) is 11.6. The Morgan fingerprint density at radius 3 is 2.50 bits per heavy atom. The Morgan fingerprint density at radius 1 is 1.27 bits per heavy atom. The number of aliphatic imine (C=N–C) groups is 1. The first-order valence-corrected chi connectivity index (χ1v) is 8.83. The second kappa shape index (κ2) is 11.6. The zero-order chi connectivity index (χ0) is 18.9. The number of hydrogen-bond acceptors (Lipinski definition) is 4. The predicted octanol–water partition coefficient (Wildman–Crippen LogP) is 2.81. The van der Waals surface area contributed by atoms with Gasteiger partial charge >= 0.3 is 6.09 Å². The van der Waals surface area contributed by atoms with Crippen LogP contribution in [0.4, 0.5) is 4.79 Å². The molecule has 0 unspecified atom stereocenters. The SMILES string of the molecule is CN=C(NCCC1=CCOCC1)NCC(C)(C)NC(=O)OC(C)(C)C.I. The molecule has 0 aromatic rings. The molecule has 26 heavy (non-hydrogen) atoms. The summed E-state index contributed by atoms with van der Waals surface area (Å²) in [5, 5.41) is 9.40. The predicted molar refractivity (Wildman–Crippen MR) is 116 cm³/mol. The number of hydrogen-bond donors (Lipinski definition) is 3. The highest BCUT2D eigenvalue weighted by Crippen LogP contribution is 2.11. The Hall–Kier alpha value is -1.03. The van der Waals surface area contributed by atoms with Gasteiger partial charge in [0.1, 0.15) is 5.60 Å². The molecule has 1 aliphatic heterocycles. The number of guanidine groups is 1. The van der Waals surface area contributed by atoms with Crippen molar-refractivity contribution in [3.63, 3.8) is 0 Å². The molecule has 0 radical (unpaired) electrons. The summed E-state index contributed by atoms with van der Waals surface area (Å²) in [7, 11) is 1.73. The summed E-state index contributed by atoms with van der Waals surface area (Å²) >= 11 is 0. The summed E-state index contributed by atoms with van der Waals surface area (Å²) < 4.78 is 10.6. The molecule has 0 saturated carbocycles. The van der Waals surface area contributed by atoms with Crippen molar-refractivity contribution in [3.05, 3.63) is 11.6 Å². The van der Waals surface area contributed by atoms with E-state index in [0.717, 1.165) is 26.0 Å². The first-order valence-electron chi connectivity index (χ1n) is 8.83. The largest absolute Gasteiger partial charge is 0.444 e. The minimum absolute atomic E-state index is 0. The molecule has 8 heteroatoms. The van der Waals surface area contributed by atoms with E-state index in [4.69, 9.17) is 9.47 Å². The Bertz CT molecular complexity index is 499. The van der Waals surface area contributed by atoms with Crippen molar-refractivity contribution in [2.45, 2.75) is 58.6 Å². The molecule has 0 aromatic carbocycles. The molecule has 1 heterocycles. The van der Waals surface area contributed by atoms with E-state index in [9.17, 15) is 4.79 Å². The third kappa shape index (κ3) is 11.6. The van der Waals surface area contributed by atoms with Gasteiger partial charge in [0.2, 0.25) is 0 Å². The maximum atomic E-state index is 11.9. The molecule has 0 saturated heterocycles. The molecular weight excluding hydrogens is 447 g/mol. The van der Waals surface area contributed by atoms with Crippen LogP contribution in [-0.2, 0) is 9.47 Å². The lowest BCUT2D eigenvalue weighted by Crippen LogP contribution is -2.54. The lowest BCUT2D eigenvalue weighted by atomic mass is 10.1. The number of carbonyl (C=O) groups is 1. The third-order valence-corrected chi connectivity index (χ3v) is 3.56. The fourth-order valence-electron chi connectivity index (χ4n) is 2.28. The monoisotopic (exact) mass is 482 g/mol. The number of rotatable bonds is 6. The molecule has 7 nitrogen and oxygen atoms in total. The maximum Gasteiger partial charge on any atom is 0.408 e. The minimum atomic E-state index is -0.510. The van der Waals surface area contributed by atoms with Crippen molar-refractivity contribution in [1.82, 2.24) is 16.0 Å². The minimum Gasteiger partial charge on any atom is -0.444 e. The van der Waals surface area contributed by atoms with Gasteiger partial charge in [-0.2, -0.15) is 0 Å². The lowest BCUT2D eigenvalue weighted by molar-refractivity contribution is 0.0474. The van der Waals surface area contributed by atoms with Gasteiger partial charge in [-0.15, -0.1) is 24.0 Å². The molecule has 152 valence electrons. The number of ether oxygens (including phenoxy) is 2. The number of halogens is 1. The highest BCUT2D eigenvalue weighted by molar-refractivity contribution is 14.0. The van der Waals surface area contributed by atoms with Crippen LogP contribution in [0.3, 0.4) is 0 Å². The number of nitrogens with one attached hydrogen (secondary N) is 3. The Balaban J connectivity index is 0.00000625. The highest BCUT2D eigenvalue weighted by Gasteiger charge is 2.24. The average molecular weight is 482 g/mol. The van der Waals surface area contributed by atoms with Crippen LogP contribution in [-0.4, -0.2) is 56.5 Å². The van der Waals surface area contributed by atoms with Gasteiger partial charge < -0.3 is 25.4 Å². The summed E-state index contributed by atoms with van der Waals surface area (Å²) in [6, 6.07) is 0. The van der Waals surface area contributed by atoms with Gasteiger partial charge in [-0.05, 0) is 47.5 Å². The second-order valence-corrected chi connectivity index (χ2v) is 7.80. The van der Waals surface area contributed by atoms with Crippen LogP contribution in [0.2, 0.25) is 0 Å². The third-order valence-electron chi connectivity index (χ3n) is 3.56. The van der Waals surface area contributed by atoms with E-state index in [2.05, 4.69) is 27.0 Å². The second-order valence-electron chi connectivity index (χ2n) is 7.80. The Labute approximate surface area is 174 Å². The summed E-state index contributed by atoms with van der Waals surface area (Å²) in [4.78, 5) is 16.1. The van der Waals surface area contributed by atoms with Gasteiger partial charge in [0.05, 0.1) is 18.8 Å². The molecule has 0 bridgehead atoms. The van der Waals surface area contributed by atoms with Crippen molar-refractivity contribution in [1.29, 1.82) is 0 Å². The van der Waals surface area contributed by atoms with Crippen molar-refractivity contribution in [2.24, 2.45) is 4.99 Å². The molecule has 0 atom stereocenters. The first kappa shape index (κ1) is 25.0. The standard InChI is InChI=1S/C18H34N4O3.HI/c1-17(2,3)25-16(23)22-18(4,5)13-21-15(19-6)20-10-7-14-8-11-24-12-9-14;/h8H,7,9-13H2,1-6H3,(H,22,23)(H2,19,20,21);1H. The Morgan fingerprint density at radius 2 is 1.96 bits per heavy atom. The smallest absolute Gasteiger partial charge is 0.408 e. The normalized spacial score (nSPS) is 15.5.